The molecule has 0 spiro atoms. The number of rotatable bonds is 9. The van der Waals surface area contributed by atoms with Crippen molar-refractivity contribution in [2.24, 2.45) is 7.05 Å². The first-order chi connectivity index (χ1) is 24.5. The summed E-state index contributed by atoms with van der Waals surface area (Å²) < 4.78 is 27.9. The lowest BCUT2D eigenvalue weighted by Gasteiger charge is -2.44. The van der Waals surface area contributed by atoms with Gasteiger partial charge in [0.1, 0.15) is 24.2 Å². The van der Waals surface area contributed by atoms with Crippen LogP contribution in [-0.2, 0) is 16.3 Å². The van der Waals surface area contributed by atoms with Crippen molar-refractivity contribution in [3.63, 3.8) is 0 Å². The van der Waals surface area contributed by atoms with Crippen molar-refractivity contribution in [2.75, 3.05) is 62.2 Å². The summed E-state index contributed by atoms with van der Waals surface area (Å²) in [6, 6.07) is 8.45. The molecule has 5 heterocycles. The number of aryl methyl sites for hydroxylation is 1. The topological polar surface area (TPSA) is 135 Å². The Morgan fingerprint density at radius 3 is 2.41 bits per heavy atom. The summed E-state index contributed by atoms with van der Waals surface area (Å²) in [6.45, 7) is 11.6. The van der Waals surface area contributed by atoms with Gasteiger partial charge in [-0.05, 0) is 74.1 Å². The maximum absolute atomic E-state index is 13.5. The van der Waals surface area contributed by atoms with Crippen molar-refractivity contribution in [3.05, 3.63) is 59.7 Å². The average Bonchev–Trinajstić information content (AvgIpc) is 3.54. The molecule has 2 N–H and O–H groups in total. The van der Waals surface area contributed by atoms with E-state index in [9.17, 15) is 4.57 Å². The quantitative estimate of drug-likeness (QED) is 0.160. The summed E-state index contributed by atoms with van der Waals surface area (Å²) in [5, 5.41) is 11.9. The highest BCUT2D eigenvalue weighted by Crippen LogP contribution is 2.43. The molecule has 0 unspecified atom stereocenters. The highest BCUT2D eigenvalue weighted by molar-refractivity contribution is 9.10. The van der Waals surface area contributed by atoms with Crippen LogP contribution in [0.2, 0.25) is 0 Å². The van der Waals surface area contributed by atoms with Crippen molar-refractivity contribution in [3.8, 4) is 16.9 Å². The number of methoxy groups -OCH3 is 1. The van der Waals surface area contributed by atoms with Gasteiger partial charge in [-0.3, -0.25) is 19.5 Å². The molecule has 0 radical (unpaired) electrons. The van der Waals surface area contributed by atoms with E-state index < -0.39 is 7.14 Å². The lowest BCUT2D eigenvalue weighted by Crippen LogP contribution is -2.53. The monoisotopic (exact) mass is 774 g/mol. The van der Waals surface area contributed by atoms with Crippen LogP contribution in [0.25, 0.3) is 22.2 Å². The van der Waals surface area contributed by atoms with Crippen molar-refractivity contribution < 1.29 is 14.0 Å². The third kappa shape index (κ3) is 7.60. The first kappa shape index (κ1) is 35.3. The van der Waals surface area contributed by atoms with Gasteiger partial charge in [0, 0.05) is 86.9 Å². The minimum absolute atomic E-state index is 0.257. The lowest BCUT2D eigenvalue weighted by atomic mass is 9.98. The number of nitrogens with one attached hydrogen (secondary N) is 2. The van der Waals surface area contributed by atoms with Crippen LogP contribution in [0.1, 0.15) is 26.7 Å². The van der Waals surface area contributed by atoms with E-state index in [4.69, 9.17) is 14.5 Å². The first-order valence-electron chi connectivity index (χ1n) is 17.2. The Morgan fingerprint density at radius 1 is 0.980 bits per heavy atom. The van der Waals surface area contributed by atoms with Crippen molar-refractivity contribution in [1.29, 1.82) is 0 Å². The van der Waals surface area contributed by atoms with Gasteiger partial charge in [-0.1, -0.05) is 0 Å². The molecule has 13 nitrogen and oxygen atoms in total. The van der Waals surface area contributed by atoms with Crippen LogP contribution >= 0.6 is 23.1 Å². The molecule has 15 heteroatoms. The van der Waals surface area contributed by atoms with E-state index in [-0.39, 0.29) is 12.2 Å². The smallest absolute Gasteiger partial charge is 0.229 e. The fourth-order valence-corrected chi connectivity index (χ4v) is 8.99. The Kier molecular flexibility index (Phi) is 10.0. The number of hydrogen-bond donors (Lipinski definition) is 2. The molecule has 2 aromatic carbocycles. The zero-order valence-electron chi connectivity index (χ0n) is 29.8. The average molecular weight is 776 g/mol. The summed E-state index contributed by atoms with van der Waals surface area (Å²) in [5.74, 6) is 1.53. The first-order valence-corrected chi connectivity index (χ1v) is 20.6. The molecule has 2 aliphatic heterocycles. The lowest BCUT2D eigenvalue weighted by molar-refractivity contribution is -0.0826. The van der Waals surface area contributed by atoms with Gasteiger partial charge in [-0.25, -0.2) is 4.98 Å². The van der Waals surface area contributed by atoms with Gasteiger partial charge in [0.15, 0.2) is 0 Å². The van der Waals surface area contributed by atoms with E-state index in [1.807, 2.05) is 36.3 Å². The summed E-state index contributed by atoms with van der Waals surface area (Å²) in [5.41, 5.74) is 5.78. The standard InChI is InChI=1S/C36H44BrN10O3P/c1-22-19-47(20-23(2)50-22)25-9-13-46(14-10-25)31-16-32(49-4)30(15-26(31)24-17-41-45(3)21-24)43-36-40-18-27(37)35(44-36)42-29-8-7-28-33(39-12-11-38-28)34(29)51(5,6)48/h7-8,11-12,15-18,21-23,25H,9-10,13-14,19-20H2,1-6H3,(H2,40,42,43,44)/t22-,23-/m0/s1. The molecule has 0 bridgehead atoms. The Hall–Kier alpha value is -4.10. The summed E-state index contributed by atoms with van der Waals surface area (Å²) in [6.07, 6.45) is 11.5. The van der Waals surface area contributed by atoms with Crippen molar-refractivity contribution in [2.45, 2.75) is 44.9 Å². The van der Waals surface area contributed by atoms with Gasteiger partial charge in [0.05, 0.1) is 52.2 Å². The molecule has 0 aliphatic carbocycles. The highest BCUT2D eigenvalue weighted by Gasteiger charge is 2.32. The molecule has 0 saturated carbocycles. The maximum Gasteiger partial charge on any atom is 0.229 e. The minimum atomic E-state index is -2.77. The van der Waals surface area contributed by atoms with Crippen LogP contribution in [0, 0.1) is 0 Å². The Morgan fingerprint density at radius 2 is 1.73 bits per heavy atom. The Balaban J connectivity index is 1.18. The SMILES string of the molecule is COc1cc(N2CCC(N3C[C@H](C)O[C@@H](C)C3)CC2)c(-c2cnn(C)c2)cc1Nc1ncc(Br)c(Nc2ccc3nccnc3c2P(C)(C)=O)n1. The number of hydrogen-bond acceptors (Lipinski definition) is 12. The number of nitrogens with zero attached hydrogens (tertiary/aromatic N) is 8. The van der Waals surface area contributed by atoms with E-state index in [1.165, 1.54) is 0 Å². The molecule has 2 saturated heterocycles. The van der Waals surface area contributed by atoms with Gasteiger partial charge in [0.2, 0.25) is 5.95 Å². The summed E-state index contributed by atoms with van der Waals surface area (Å²) >= 11 is 3.60. The fourth-order valence-electron chi connectivity index (χ4n) is 7.31. The summed E-state index contributed by atoms with van der Waals surface area (Å²) in [7, 11) is 0.830. The van der Waals surface area contributed by atoms with E-state index in [0.29, 0.717) is 55.7 Å². The van der Waals surface area contributed by atoms with Crippen LogP contribution in [0.5, 0.6) is 5.75 Å². The second-order valence-electron chi connectivity index (χ2n) is 13.8. The number of anilines is 5. The van der Waals surface area contributed by atoms with Crippen molar-refractivity contribution >= 4 is 68.2 Å². The molecule has 3 aromatic heterocycles. The molecule has 7 rings (SSSR count). The normalized spacial score (nSPS) is 19.0. The molecule has 268 valence electrons. The van der Waals surface area contributed by atoms with Crippen LogP contribution in [0.15, 0.2) is 59.7 Å². The number of aromatic nitrogens is 6. The molecule has 5 aromatic rings. The molecule has 2 atom stereocenters. The second kappa shape index (κ2) is 14.5. The van der Waals surface area contributed by atoms with E-state index in [2.05, 4.69) is 82.4 Å². The summed E-state index contributed by atoms with van der Waals surface area (Å²) in [4.78, 5) is 23.4. The fraction of sp³-hybridized carbons (Fsp3) is 0.417. The zero-order valence-corrected chi connectivity index (χ0v) is 32.3. The number of morpholine rings is 1. The highest BCUT2D eigenvalue weighted by atomic mass is 79.9. The van der Waals surface area contributed by atoms with Gasteiger partial charge in [-0.2, -0.15) is 10.1 Å². The predicted octanol–water partition coefficient (Wildman–Crippen LogP) is 6.40. The van der Waals surface area contributed by atoms with Gasteiger partial charge in [-0.15, -0.1) is 0 Å². The molecular formula is C36H44BrN10O3P. The van der Waals surface area contributed by atoms with E-state index in [0.717, 1.165) is 55.8 Å². The van der Waals surface area contributed by atoms with Crippen LogP contribution in [0.4, 0.5) is 28.8 Å². The number of halogens is 1. The third-order valence-corrected chi connectivity index (χ3v) is 11.6. The maximum atomic E-state index is 13.5. The van der Waals surface area contributed by atoms with Crippen molar-refractivity contribution in [1.82, 2.24) is 34.6 Å². The molecular weight excluding hydrogens is 731 g/mol. The second-order valence-corrected chi connectivity index (χ2v) is 17.8. The largest absolute Gasteiger partial charge is 0.494 e. The van der Waals surface area contributed by atoms with E-state index >= 15 is 0 Å². The van der Waals surface area contributed by atoms with Gasteiger partial charge >= 0.3 is 0 Å². The molecule has 2 aliphatic rings. The predicted molar refractivity (Wildman–Crippen MR) is 207 cm³/mol. The Labute approximate surface area is 306 Å². The number of fused-ring (bicyclic) bond motifs is 1. The molecule has 0 amide bonds. The zero-order chi connectivity index (χ0) is 35.9. The number of ether oxygens (including phenoxy) is 2. The van der Waals surface area contributed by atoms with Gasteiger partial charge in [0.25, 0.3) is 0 Å². The van der Waals surface area contributed by atoms with Crippen LogP contribution in [0.3, 0.4) is 0 Å². The van der Waals surface area contributed by atoms with Crippen LogP contribution < -0.4 is 25.6 Å². The van der Waals surface area contributed by atoms with Crippen LogP contribution in [-0.4, -0.2) is 99.5 Å². The third-order valence-electron chi connectivity index (χ3n) is 9.50. The number of benzene rings is 2. The number of piperidine rings is 1. The van der Waals surface area contributed by atoms with E-state index in [1.54, 1.807) is 39.0 Å². The molecule has 51 heavy (non-hydrogen) atoms. The molecule has 2 fully saturated rings. The van der Waals surface area contributed by atoms with Gasteiger partial charge < -0.3 is 29.6 Å². The minimum Gasteiger partial charge on any atom is -0.494 e. The Bertz CT molecular complexity index is 2090.